The zero-order valence-corrected chi connectivity index (χ0v) is 11.5. The molecule has 0 aliphatic carbocycles. The molecule has 3 nitrogen and oxygen atoms in total. The summed E-state index contributed by atoms with van der Waals surface area (Å²) < 4.78 is 0. The number of hydrogen-bond donors (Lipinski definition) is 1. The lowest BCUT2D eigenvalue weighted by Gasteiger charge is -2.33. The van der Waals surface area contributed by atoms with Gasteiger partial charge in [0, 0.05) is 36.6 Å². The Kier molecular flexibility index (Phi) is 4.66. The second-order valence-corrected chi connectivity index (χ2v) is 6.10. The highest BCUT2D eigenvalue weighted by Crippen LogP contribution is 2.33. The first-order valence-electron chi connectivity index (χ1n) is 6.36. The van der Waals surface area contributed by atoms with E-state index in [9.17, 15) is 4.79 Å². The number of thioether (sulfide) groups is 1. The van der Waals surface area contributed by atoms with Gasteiger partial charge in [-0.3, -0.25) is 4.79 Å². The van der Waals surface area contributed by atoms with E-state index >= 15 is 0 Å². The fourth-order valence-corrected chi connectivity index (χ4v) is 3.39. The monoisotopic (exact) mass is 264 g/mol. The summed E-state index contributed by atoms with van der Waals surface area (Å²) in [6, 6.07) is 10.4. The smallest absolute Gasteiger partial charge is 0.224 e. The first kappa shape index (κ1) is 13.4. The minimum atomic E-state index is -0.0535. The number of nitrogens with two attached hydrogens (primary N) is 1. The van der Waals surface area contributed by atoms with E-state index in [1.54, 1.807) is 0 Å². The van der Waals surface area contributed by atoms with Gasteiger partial charge in [0.2, 0.25) is 5.91 Å². The molecule has 0 bridgehead atoms. The highest BCUT2D eigenvalue weighted by molar-refractivity contribution is 7.99. The van der Waals surface area contributed by atoms with Gasteiger partial charge in [-0.15, -0.1) is 0 Å². The van der Waals surface area contributed by atoms with Crippen molar-refractivity contribution in [1.29, 1.82) is 0 Å². The van der Waals surface area contributed by atoms with Gasteiger partial charge in [0.1, 0.15) is 0 Å². The van der Waals surface area contributed by atoms with Crippen molar-refractivity contribution in [3.63, 3.8) is 0 Å². The molecule has 98 valence electrons. The van der Waals surface area contributed by atoms with Crippen LogP contribution in [0.25, 0.3) is 0 Å². The minimum absolute atomic E-state index is 0.0535. The van der Waals surface area contributed by atoms with Crippen LogP contribution in [0.4, 0.5) is 0 Å². The van der Waals surface area contributed by atoms with Crippen LogP contribution in [0, 0.1) is 0 Å². The standard InChI is InChI=1S/C14H20N2OS/c1-11(15)9-14(17)16-7-8-18-13(10-16)12-5-3-2-4-6-12/h2-6,11,13H,7-10,15H2,1H3. The Morgan fingerprint density at radius 1 is 1.50 bits per heavy atom. The van der Waals surface area contributed by atoms with Crippen molar-refractivity contribution in [3.8, 4) is 0 Å². The van der Waals surface area contributed by atoms with Gasteiger partial charge >= 0.3 is 0 Å². The summed E-state index contributed by atoms with van der Waals surface area (Å²) in [5.74, 6) is 1.19. The van der Waals surface area contributed by atoms with Crippen LogP contribution >= 0.6 is 11.8 Å². The second-order valence-electron chi connectivity index (χ2n) is 4.79. The molecule has 2 atom stereocenters. The van der Waals surface area contributed by atoms with Crippen LogP contribution in [0.15, 0.2) is 30.3 Å². The van der Waals surface area contributed by atoms with Crippen LogP contribution in [-0.2, 0) is 4.79 Å². The Labute approximate surface area is 113 Å². The molecule has 2 N–H and O–H groups in total. The zero-order chi connectivity index (χ0) is 13.0. The largest absolute Gasteiger partial charge is 0.340 e. The molecule has 2 unspecified atom stereocenters. The van der Waals surface area contributed by atoms with E-state index in [1.807, 2.05) is 29.7 Å². The number of carbonyl (C=O) groups excluding carboxylic acids is 1. The Balaban J connectivity index is 1.98. The average Bonchev–Trinajstić information content (AvgIpc) is 2.39. The van der Waals surface area contributed by atoms with Crippen molar-refractivity contribution in [3.05, 3.63) is 35.9 Å². The van der Waals surface area contributed by atoms with Gasteiger partial charge in [-0.2, -0.15) is 11.8 Å². The van der Waals surface area contributed by atoms with Gasteiger partial charge < -0.3 is 10.6 Å². The molecule has 0 spiro atoms. The number of hydrogen-bond acceptors (Lipinski definition) is 3. The van der Waals surface area contributed by atoms with Crippen LogP contribution < -0.4 is 5.73 Å². The molecule has 1 heterocycles. The molecule has 0 saturated carbocycles. The molecule has 18 heavy (non-hydrogen) atoms. The number of carbonyl (C=O) groups is 1. The first-order chi connectivity index (χ1) is 8.66. The molecule has 1 aliphatic heterocycles. The fraction of sp³-hybridized carbons (Fsp3) is 0.500. The SMILES string of the molecule is CC(N)CC(=O)N1CCSC(c2ccccc2)C1. The lowest BCUT2D eigenvalue weighted by Crippen LogP contribution is -2.41. The van der Waals surface area contributed by atoms with Crippen molar-refractivity contribution in [2.45, 2.75) is 24.6 Å². The Morgan fingerprint density at radius 3 is 2.89 bits per heavy atom. The van der Waals surface area contributed by atoms with Crippen molar-refractivity contribution in [2.24, 2.45) is 5.73 Å². The molecule has 1 fully saturated rings. The van der Waals surface area contributed by atoms with Gasteiger partial charge in [0.25, 0.3) is 0 Å². The van der Waals surface area contributed by atoms with E-state index in [2.05, 4.69) is 24.3 Å². The zero-order valence-electron chi connectivity index (χ0n) is 10.7. The minimum Gasteiger partial charge on any atom is -0.340 e. The maximum Gasteiger partial charge on any atom is 0.224 e. The van der Waals surface area contributed by atoms with Crippen molar-refractivity contribution in [1.82, 2.24) is 4.90 Å². The lowest BCUT2D eigenvalue weighted by molar-refractivity contribution is -0.131. The molecule has 1 aromatic carbocycles. The summed E-state index contributed by atoms with van der Waals surface area (Å²) in [5, 5.41) is 0.400. The van der Waals surface area contributed by atoms with E-state index in [0.29, 0.717) is 11.7 Å². The predicted molar refractivity (Wildman–Crippen MR) is 76.5 cm³/mol. The van der Waals surface area contributed by atoms with Crippen LogP contribution in [0.1, 0.15) is 24.2 Å². The fourth-order valence-electron chi connectivity index (χ4n) is 2.15. The molecule has 1 aliphatic rings. The number of benzene rings is 1. The van der Waals surface area contributed by atoms with Crippen molar-refractivity contribution >= 4 is 17.7 Å². The predicted octanol–water partition coefficient (Wildman–Crippen LogP) is 2.04. The van der Waals surface area contributed by atoms with E-state index in [4.69, 9.17) is 5.73 Å². The van der Waals surface area contributed by atoms with Crippen LogP contribution in [-0.4, -0.2) is 35.7 Å². The molecule has 0 radical (unpaired) electrons. The summed E-state index contributed by atoms with van der Waals surface area (Å²) in [6.07, 6.45) is 0.451. The second kappa shape index (κ2) is 6.25. The highest BCUT2D eigenvalue weighted by Gasteiger charge is 2.25. The highest BCUT2D eigenvalue weighted by atomic mass is 32.2. The van der Waals surface area contributed by atoms with E-state index < -0.39 is 0 Å². The number of rotatable bonds is 3. The van der Waals surface area contributed by atoms with Crippen molar-refractivity contribution < 1.29 is 4.79 Å². The molecule has 0 aromatic heterocycles. The lowest BCUT2D eigenvalue weighted by atomic mass is 10.1. The first-order valence-corrected chi connectivity index (χ1v) is 7.41. The molecule has 1 amide bonds. The topological polar surface area (TPSA) is 46.3 Å². The summed E-state index contributed by atoms with van der Waals surface area (Å²) in [4.78, 5) is 14.0. The summed E-state index contributed by atoms with van der Waals surface area (Å²) in [7, 11) is 0. The van der Waals surface area contributed by atoms with Gasteiger partial charge in [-0.25, -0.2) is 0 Å². The normalized spacial score (nSPS) is 21.7. The summed E-state index contributed by atoms with van der Waals surface area (Å²) in [5.41, 5.74) is 7.00. The molecule has 2 rings (SSSR count). The van der Waals surface area contributed by atoms with Gasteiger partial charge in [-0.05, 0) is 12.5 Å². The van der Waals surface area contributed by atoms with Crippen LogP contribution in [0.3, 0.4) is 0 Å². The average molecular weight is 264 g/mol. The quantitative estimate of drug-likeness (QED) is 0.909. The van der Waals surface area contributed by atoms with E-state index in [1.165, 1.54) is 5.56 Å². The maximum atomic E-state index is 12.0. The van der Waals surface area contributed by atoms with Crippen LogP contribution in [0.2, 0.25) is 0 Å². The summed E-state index contributed by atoms with van der Waals surface area (Å²) in [6.45, 7) is 3.53. The van der Waals surface area contributed by atoms with E-state index in [-0.39, 0.29) is 11.9 Å². The molecule has 4 heteroatoms. The van der Waals surface area contributed by atoms with Gasteiger partial charge in [0.15, 0.2) is 0 Å². The Hall–Kier alpha value is -1.00. The molecular weight excluding hydrogens is 244 g/mol. The Morgan fingerprint density at radius 2 is 2.22 bits per heavy atom. The third-order valence-electron chi connectivity index (χ3n) is 3.09. The van der Waals surface area contributed by atoms with Gasteiger partial charge in [0.05, 0.1) is 0 Å². The van der Waals surface area contributed by atoms with Crippen LogP contribution in [0.5, 0.6) is 0 Å². The maximum absolute atomic E-state index is 12.0. The number of nitrogens with zero attached hydrogens (tertiary/aromatic N) is 1. The third-order valence-corrected chi connectivity index (χ3v) is 4.33. The molecule has 1 aromatic rings. The Bertz CT molecular complexity index is 394. The summed E-state index contributed by atoms with van der Waals surface area (Å²) >= 11 is 1.93. The van der Waals surface area contributed by atoms with Gasteiger partial charge in [-0.1, -0.05) is 30.3 Å². The van der Waals surface area contributed by atoms with Crippen molar-refractivity contribution in [2.75, 3.05) is 18.8 Å². The molecular formula is C14H20N2OS. The molecule has 1 saturated heterocycles. The number of amides is 1. The van der Waals surface area contributed by atoms with E-state index in [0.717, 1.165) is 18.8 Å². The third kappa shape index (κ3) is 3.50.